The molecule has 1 unspecified atom stereocenters. The van der Waals surface area contributed by atoms with Crippen molar-refractivity contribution in [2.75, 3.05) is 0 Å². The van der Waals surface area contributed by atoms with E-state index in [1.807, 2.05) is 0 Å². The maximum absolute atomic E-state index is 5.70. The lowest BCUT2D eigenvalue weighted by Gasteiger charge is -2.20. The zero-order valence-corrected chi connectivity index (χ0v) is 36.5. The third-order valence-corrected chi connectivity index (χ3v) is 12.6. The summed E-state index contributed by atoms with van der Waals surface area (Å²) in [6.07, 6.45) is 9.85. The second-order valence-corrected chi connectivity index (χ2v) is 16.7. The predicted molar refractivity (Wildman–Crippen MR) is 279 cm³/mol. The number of hydrogen-bond donors (Lipinski definition) is 0. The first-order valence-electron chi connectivity index (χ1n) is 22.8. The van der Waals surface area contributed by atoms with E-state index in [1.165, 1.54) is 39.0 Å². The van der Waals surface area contributed by atoms with Gasteiger partial charge >= 0.3 is 0 Å². The summed E-state index contributed by atoms with van der Waals surface area (Å²) in [6, 6.07) is 84.0. The van der Waals surface area contributed by atoms with Gasteiger partial charge in [0.1, 0.15) is 0 Å². The van der Waals surface area contributed by atoms with Gasteiger partial charge in [0.15, 0.2) is 0 Å². The van der Waals surface area contributed by atoms with Crippen LogP contribution in [-0.4, -0.2) is 11.4 Å². The largest absolute Gasteiger partial charge is 0.248 e. The quantitative estimate of drug-likeness (QED) is 0.131. The summed E-state index contributed by atoms with van der Waals surface area (Å²) in [7, 11) is 0. The maximum atomic E-state index is 5.70. The van der Waals surface area contributed by atoms with Crippen LogP contribution in [0.3, 0.4) is 0 Å². The summed E-state index contributed by atoms with van der Waals surface area (Å²) in [5, 5.41) is 0. The van der Waals surface area contributed by atoms with Crippen LogP contribution in [0.5, 0.6) is 0 Å². The minimum absolute atomic E-state index is 0.140. The molecule has 0 bridgehead atoms. The highest BCUT2D eigenvalue weighted by Crippen LogP contribution is 2.52. The van der Waals surface area contributed by atoms with E-state index in [0.717, 1.165) is 73.8 Å². The second-order valence-electron chi connectivity index (χ2n) is 16.7. The number of aliphatic imine (C=N–C) groups is 2. The van der Waals surface area contributed by atoms with Crippen LogP contribution < -0.4 is 0 Å². The summed E-state index contributed by atoms with van der Waals surface area (Å²) in [5.74, 6) is 0.140. The fourth-order valence-electron chi connectivity index (χ4n) is 9.73. The molecule has 0 fully saturated rings. The Kier molecular flexibility index (Phi) is 11.2. The Morgan fingerprint density at radius 1 is 0.273 bits per heavy atom. The smallest absolute Gasteiger partial charge is 0.0806 e. The highest BCUT2D eigenvalue weighted by atomic mass is 14.8. The van der Waals surface area contributed by atoms with Crippen LogP contribution in [-0.2, 0) is 0 Å². The van der Waals surface area contributed by atoms with E-state index >= 15 is 0 Å². The minimum Gasteiger partial charge on any atom is -0.248 e. The summed E-state index contributed by atoms with van der Waals surface area (Å²) >= 11 is 0. The number of hydrogen-bond acceptors (Lipinski definition) is 2. The molecule has 0 radical (unpaired) electrons. The van der Waals surface area contributed by atoms with E-state index in [0.29, 0.717) is 0 Å². The van der Waals surface area contributed by atoms with Crippen LogP contribution in [0.2, 0.25) is 0 Å². The van der Waals surface area contributed by atoms with Crippen molar-refractivity contribution >= 4 is 61.8 Å². The lowest BCUT2D eigenvalue weighted by atomic mass is 9.84. The van der Waals surface area contributed by atoms with Crippen LogP contribution in [0.25, 0.3) is 39.0 Å². The average molecular weight is 843 g/mol. The van der Waals surface area contributed by atoms with Crippen LogP contribution in [0.15, 0.2) is 276 Å². The number of rotatable bonds is 10. The molecule has 2 nitrogen and oxygen atoms in total. The Balaban J connectivity index is 1.13. The zero-order chi connectivity index (χ0) is 44.1. The van der Waals surface area contributed by atoms with Crippen molar-refractivity contribution in [1.29, 1.82) is 0 Å². The van der Waals surface area contributed by atoms with Gasteiger partial charge in [0, 0.05) is 33.8 Å². The SMILES string of the molecule is C1=CCC(C2=C(c3ccccc3)C(c3ccccc3)=C(c3ccccc3)C2=Nc2ccc(N=C3C(c4ccccc4)=C(c4ccccc4)C(c4ccccc4)=C3c3ccccc3)cc2)C=C1. The van der Waals surface area contributed by atoms with Gasteiger partial charge in [-0.15, -0.1) is 0 Å². The van der Waals surface area contributed by atoms with E-state index in [-0.39, 0.29) is 5.92 Å². The topological polar surface area (TPSA) is 24.7 Å². The molecule has 0 aliphatic heterocycles. The number of nitrogens with zero attached hydrogens (tertiary/aromatic N) is 2. The average Bonchev–Trinajstić information content (AvgIpc) is 3.92. The first-order valence-corrected chi connectivity index (χ1v) is 22.8. The molecular formula is C64H46N2. The van der Waals surface area contributed by atoms with E-state index in [1.54, 1.807) is 0 Å². The van der Waals surface area contributed by atoms with Crippen LogP contribution >= 0.6 is 0 Å². The molecule has 0 spiro atoms. The zero-order valence-electron chi connectivity index (χ0n) is 36.5. The van der Waals surface area contributed by atoms with Gasteiger partial charge in [0.2, 0.25) is 0 Å². The van der Waals surface area contributed by atoms with Gasteiger partial charge in [0.05, 0.1) is 22.8 Å². The molecule has 66 heavy (non-hydrogen) atoms. The first-order chi connectivity index (χ1) is 32.8. The van der Waals surface area contributed by atoms with E-state index in [4.69, 9.17) is 9.98 Å². The number of benzene rings is 8. The molecule has 2 heteroatoms. The second kappa shape index (κ2) is 18.3. The van der Waals surface area contributed by atoms with E-state index < -0.39 is 0 Å². The molecular weight excluding hydrogens is 797 g/mol. The van der Waals surface area contributed by atoms with Crippen molar-refractivity contribution < 1.29 is 0 Å². The third-order valence-electron chi connectivity index (χ3n) is 12.6. The van der Waals surface area contributed by atoms with Gasteiger partial charge in [-0.2, -0.15) is 0 Å². The Morgan fingerprint density at radius 3 is 0.894 bits per heavy atom. The molecule has 8 aromatic carbocycles. The molecule has 0 amide bonds. The normalized spacial score (nSPS) is 16.5. The van der Waals surface area contributed by atoms with Crippen molar-refractivity contribution in [1.82, 2.24) is 0 Å². The molecule has 0 N–H and O–H groups in total. The molecule has 0 heterocycles. The van der Waals surface area contributed by atoms with Crippen molar-refractivity contribution in [3.63, 3.8) is 0 Å². The molecule has 11 rings (SSSR count). The van der Waals surface area contributed by atoms with E-state index in [9.17, 15) is 0 Å². The fraction of sp³-hybridized carbons (Fsp3) is 0.0312. The van der Waals surface area contributed by atoms with Crippen molar-refractivity contribution in [3.8, 4) is 0 Å². The molecule has 8 aromatic rings. The van der Waals surface area contributed by atoms with Gasteiger partial charge in [0.25, 0.3) is 0 Å². The molecule has 1 atom stereocenters. The molecule has 312 valence electrons. The third kappa shape index (κ3) is 7.80. The molecule has 3 aliphatic carbocycles. The summed E-state index contributed by atoms with van der Waals surface area (Å²) in [4.78, 5) is 11.4. The van der Waals surface area contributed by atoms with Gasteiger partial charge in [-0.25, -0.2) is 9.98 Å². The highest BCUT2D eigenvalue weighted by Gasteiger charge is 2.37. The molecule has 0 saturated carbocycles. The molecule has 3 aliphatic rings. The lowest BCUT2D eigenvalue weighted by Crippen LogP contribution is -2.12. The van der Waals surface area contributed by atoms with Gasteiger partial charge < -0.3 is 0 Å². The van der Waals surface area contributed by atoms with Gasteiger partial charge in [-0.3, -0.25) is 0 Å². The van der Waals surface area contributed by atoms with Crippen LogP contribution in [0.4, 0.5) is 11.4 Å². The summed E-state index contributed by atoms with van der Waals surface area (Å²) in [5.41, 5.74) is 21.1. The predicted octanol–water partition coefficient (Wildman–Crippen LogP) is 16.3. The standard InChI is InChI=1S/C64H46N2/c1-9-25-45(26-10-1)55-56(46-27-11-2-12-28-46)60(50-35-19-6-20-36-50)63(59(55)49-33-17-5-18-34-49)65-53-41-43-54(44-42-53)66-64-61(51-37-21-7-22-38-51)57(47-29-13-3-14-30-47)58(48-31-15-4-16-32-48)62(64)52-39-23-8-24-40-52/h1-39,41-44,52H,40H2. The summed E-state index contributed by atoms with van der Waals surface area (Å²) in [6.45, 7) is 0. The van der Waals surface area contributed by atoms with Crippen molar-refractivity contribution in [2.24, 2.45) is 15.9 Å². The Labute approximate surface area is 387 Å². The van der Waals surface area contributed by atoms with Crippen molar-refractivity contribution in [2.45, 2.75) is 6.42 Å². The molecule has 0 saturated heterocycles. The highest BCUT2D eigenvalue weighted by molar-refractivity contribution is 6.61. The fourth-order valence-corrected chi connectivity index (χ4v) is 9.73. The van der Waals surface area contributed by atoms with Crippen molar-refractivity contribution in [3.05, 3.63) is 305 Å². The number of allylic oxidation sites excluding steroid dienone is 12. The van der Waals surface area contributed by atoms with Crippen LogP contribution in [0, 0.1) is 5.92 Å². The van der Waals surface area contributed by atoms with Gasteiger partial charge in [-0.1, -0.05) is 237 Å². The lowest BCUT2D eigenvalue weighted by molar-refractivity contribution is 0.801. The monoisotopic (exact) mass is 842 g/mol. The van der Waals surface area contributed by atoms with E-state index in [2.05, 4.69) is 261 Å². The van der Waals surface area contributed by atoms with Crippen LogP contribution in [0.1, 0.15) is 45.4 Å². The first kappa shape index (κ1) is 40.3. The maximum Gasteiger partial charge on any atom is 0.0806 e. The molecule has 0 aromatic heterocycles. The Morgan fingerprint density at radius 2 is 0.561 bits per heavy atom. The Bertz CT molecular complexity index is 3180. The Hall–Kier alpha value is -8.46. The minimum atomic E-state index is 0.140. The van der Waals surface area contributed by atoms with Gasteiger partial charge in [-0.05, 0) is 86.3 Å². The summed E-state index contributed by atoms with van der Waals surface area (Å²) < 4.78 is 0.